The SMILES string of the molecule is CSc1cc(N2CCc3c(N)cccc3C2)ncn1. The Morgan fingerprint density at radius 3 is 3.05 bits per heavy atom. The maximum Gasteiger partial charge on any atom is 0.133 e. The molecule has 2 heterocycles. The minimum absolute atomic E-state index is 0.866. The van der Waals surface area contributed by atoms with Crippen molar-refractivity contribution < 1.29 is 0 Å². The van der Waals surface area contributed by atoms with Crippen LogP contribution in [-0.2, 0) is 13.0 Å². The van der Waals surface area contributed by atoms with E-state index in [1.165, 1.54) is 11.1 Å². The molecule has 3 rings (SSSR count). The fraction of sp³-hybridized carbons (Fsp3) is 0.286. The second-order valence-electron chi connectivity index (χ2n) is 4.58. The summed E-state index contributed by atoms with van der Waals surface area (Å²) in [5, 5.41) is 1.00. The number of anilines is 2. The van der Waals surface area contributed by atoms with Crippen molar-refractivity contribution in [2.75, 3.05) is 23.4 Å². The van der Waals surface area contributed by atoms with E-state index in [9.17, 15) is 0 Å². The summed E-state index contributed by atoms with van der Waals surface area (Å²) in [4.78, 5) is 10.9. The molecule has 0 saturated heterocycles. The topological polar surface area (TPSA) is 55.0 Å². The molecular formula is C14H16N4S. The van der Waals surface area contributed by atoms with Gasteiger partial charge in [0.05, 0.1) is 0 Å². The molecule has 1 aliphatic rings. The van der Waals surface area contributed by atoms with Crippen LogP contribution in [0.3, 0.4) is 0 Å². The van der Waals surface area contributed by atoms with Gasteiger partial charge in [-0.1, -0.05) is 12.1 Å². The van der Waals surface area contributed by atoms with Gasteiger partial charge in [-0.2, -0.15) is 0 Å². The highest BCUT2D eigenvalue weighted by Gasteiger charge is 2.19. The lowest BCUT2D eigenvalue weighted by molar-refractivity contribution is 0.718. The molecule has 0 spiro atoms. The average molecular weight is 272 g/mol. The zero-order valence-corrected chi connectivity index (χ0v) is 11.7. The number of hydrogen-bond acceptors (Lipinski definition) is 5. The van der Waals surface area contributed by atoms with Crippen molar-refractivity contribution in [1.29, 1.82) is 0 Å². The third-order valence-corrected chi connectivity index (χ3v) is 4.10. The van der Waals surface area contributed by atoms with Crippen molar-refractivity contribution in [3.05, 3.63) is 41.7 Å². The monoisotopic (exact) mass is 272 g/mol. The lowest BCUT2D eigenvalue weighted by atomic mass is 9.98. The van der Waals surface area contributed by atoms with E-state index in [2.05, 4.69) is 20.9 Å². The van der Waals surface area contributed by atoms with E-state index < -0.39 is 0 Å². The molecule has 98 valence electrons. The van der Waals surface area contributed by atoms with Crippen LogP contribution in [0.2, 0.25) is 0 Å². The predicted molar refractivity (Wildman–Crippen MR) is 79.4 cm³/mol. The Bertz CT molecular complexity index is 600. The van der Waals surface area contributed by atoms with Crippen LogP contribution >= 0.6 is 11.8 Å². The summed E-state index contributed by atoms with van der Waals surface area (Å²) in [5.41, 5.74) is 9.52. The number of nitrogen functional groups attached to an aromatic ring is 1. The minimum atomic E-state index is 0.866. The Morgan fingerprint density at radius 1 is 1.32 bits per heavy atom. The van der Waals surface area contributed by atoms with Crippen LogP contribution in [0.25, 0.3) is 0 Å². The maximum absolute atomic E-state index is 6.02. The van der Waals surface area contributed by atoms with Gasteiger partial charge in [-0.3, -0.25) is 0 Å². The van der Waals surface area contributed by atoms with E-state index in [-0.39, 0.29) is 0 Å². The average Bonchev–Trinajstić information content (AvgIpc) is 2.47. The largest absolute Gasteiger partial charge is 0.398 e. The molecule has 1 aliphatic heterocycles. The molecule has 0 atom stereocenters. The molecule has 0 amide bonds. The quantitative estimate of drug-likeness (QED) is 0.516. The van der Waals surface area contributed by atoms with Crippen molar-refractivity contribution in [1.82, 2.24) is 9.97 Å². The van der Waals surface area contributed by atoms with E-state index in [0.717, 1.165) is 36.0 Å². The highest BCUT2D eigenvalue weighted by Crippen LogP contribution is 2.27. The van der Waals surface area contributed by atoms with Gasteiger partial charge in [0.2, 0.25) is 0 Å². The summed E-state index contributed by atoms with van der Waals surface area (Å²) >= 11 is 1.64. The first-order chi connectivity index (χ1) is 9.28. The summed E-state index contributed by atoms with van der Waals surface area (Å²) in [6.07, 6.45) is 4.63. The van der Waals surface area contributed by atoms with Crippen LogP contribution in [0.5, 0.6) is 0 Å². The van der Waals surface area contributed by atoms with Crippen molar-refractivity contribution in [2.24, 2.45) is 0 Å². The number of hydrogen-bond donors (Lipinski definition) is 1. The summed E-state index contributed by atoms with van der Waals surface area (Å²) in [6, 6.07) is 8.19. The summed E-state index contributed by atoms with van der Waals surface area (Å²) in [7, 11) is 0. The van der Waals surface area contributed by atoms with Crippen LogP contribution in [0.1, 0.15) is 11.1 Å². The number of fused-ring (bicyclic) bond motifs is 1. The molecule has 0 aliphatic carbocycles. The second kappa shape index (κ2) is 5.09. The first-order valence-corrected chi connectivity index (χ1v) is 7.47. The predicted octanol–water partition coefficient (Wildman–Crippen LogP) is 2.34. The third-order valence-electron chi connectivity index (χ3n) is 3.46. The van der Waals surface area contributed by atoms with E-state index >= 15 is 0 Å². The Labute approximate surface area is 117 Å². The molecule has 0 bridgehead atoms. The van der Waals surface area contributed by atoms with Gasteiger partial charge in [-0.25, -0.2) is 9.97 Å². The molecular weight excluding hydrogens is 256 g/mol. The van der Waals surface area contributed by atoms with Crippen molar-refractivity contribution in [3.8, 4) is 0 Å². The zero-order valence-electron chi connectivity index (χ0n) is 10.8. The van der Waals surface area contributed by atoms with Crippen LogP contribution in [0.4, 0.5) is 11.5 Å². The zero-order chi connectivity index (χ0) is 13.2. The van der Waals surface area contributed by atoms with E-state index in [1.807, 2.05) is 24.5 Å². The standard InChI is InChI=1S/C14H16N4S/c1-19-14-7-13(16-9-17-14)18-6-5-11-10(8-18)3-2-4-12(11)15/h2-4,7,9H,5-6,8,15H2,1H3. The summed E-state index contributed by atoms with van der Waals surface area (Å²) < 4.78 is 0. The van der Waals surface area contributed by atoms with Gasteiger partial charge in [0.1, 0.15) is 17.2 Å². The molecule has 1 aromatic carbocycles. The van der Waals surface area contributed by atoms with Crippen molar-refractivity contribution in [2.45, 2.75) is 18.0 Å². The maximum atomic E-state index is 6.02. The van der Waals surface area contributed by atoms with E-state index in [0.29, 0.717) is 0 Å². The highest BCUT2D eigenvalue weighted by molar-refractivity contribution is 7.98. The number of benzene rings is 1. The smallest absolute Gasteiger partial charge is 0.133 e. The van der Waals surface area contributed by atoms with Gasteiger partial charge in [-0.15, -0.1) is 11.8 Å². The molecule has 1 aromatic heterocycles. The van der Waals surface area contributed by atoms with Gasteiger partial charge < -0.3 is 10.6 Å². The van der Waals surface area contributed by atoms with Gasteiger partial charge in [-0.05, 0) is 29.9 Å². The normalized spacial score (nSPS) is 14.3. The molecule has 0 unspecified atom stereocenters. The lowest BCUT2D eigenvalue weighted by Crippen LogP contribution is -2.31. The van der Waals surface area contributed by atoms with Crippen LogP contribution in [0, 0.1) is 0 Å². The van der Waals surface area contributed by atoms with Gasteiger partial charge in [0.15, 0.2) is 0 Å². The molecule has 2 N–H and O–H groups in total. The minimum Gasteiger partial charge on any atom is -0.398 e. The molecule has 0 radical (unpaired) electrons. The van der Waals surface area contributed by atoms with Crippen molar-refractivity contribution in [3.63, 3.8) is 0 Å². The molecule has 5 heteroatoms. The number of rotatable bonds is 2. The fourth-order valence-corrected chi connectivity index (χ4v) is 2.82. The van der Waals surface area contributed by atoms with Gasteiger partial charge >= 0.3 is 0 Å². The Hall–Kier alpha value is -1.75. The molecule has 4 nitrogen and oxygen atoms in total. The number of nitrogens with zero attached hydrogens (tertiary/aromatic N) is 3. The Kier molecular flexibility index (Phi) is 3.29. The molecule has 19 heavy (non-hydrogen) atoms. The highest BCUT2D eigenvalue weighted by atomic mass is 32.2. The van der Waals surface area contributed by atoms with Crippen molar-refractivity contribution >= 4 is 23.3 Å². The Balaban J connectivity index is 1.89. The lowest BCUT2D eigenvalue weighted by Gasteiger charge is -2.30. The summed E-state index contributed by atoms with van der Waals surface area (Å²) in [5.74, 6) is 0.993. The molecule has 0 saturated carbocycles. The Morgan fingerprint density at radius 2 is 2.21 bits per heavy atom. The first-order valence-electron chi connectivity index (χ1n) is 6.25. The molecule has 0 fully saturated rings. The first kappa shape index (κ1) is 12.3. The summed E-state index contributed by atoms with van der Waals surface area (Å²) in [6.45, 7) is 1.82. The third kappa shape index (κ3) is 2.38. The second-order valence-corrected chi connectivity index (χ2v) is 5.40. The fourth-order valence-electron chi connectivity index (χ4n) is 2.45. The number of nitrogens with two attached hydrogens (primary N) is 1. The van der Waals surface area contributed by atoms with Gasteiger partial charge in [0, 0.05) is 24.8 Å². The van der Waals surface area contributed by atoms with Crippen LogP contribution in [0.15, 0.2) is 35.6 Å². The molecule has 2 aromatic rings. The van der Waals surface area contributed by atoms with Crippen LogP contribution in [-0.4, -0.2) is 22.8 Å². The van der Waals surface area contributed by atoms with Crippen LogP contribution < -0.4 is 10.6 Å². The van der Waals surface area contributed by atoms with E-state index in [4.69, 9.17) is 5.73 Å². The van der Waals surface area contributed by atoms with E-state index in [1.54, 1.807) is 18.1 Å². The number of aromatic nitrogens is 2. The number of thioether (sulfide) groups is 1. The van der Waals surface area contributed by atoms with Gasteiger partial charge in [0.25, 0.3) is 0 Å².